The van der Waals surface area contributed by atoms with E-state index in [0.29, 0.717) is 18.3 Å². The Morgan fingerprint density at radius 1 is 1.40 bits per heavy atom. The summed E-state index contributed by atoms with van der Waals surface area (Å²) in [6.45, 7) is 0. The molecule has 2 saturated carbocycles. The number of carboxylic acids is 1. The Hall–Kier alpha value is -0.570. The first-order valence-corrected chi connectivity index (χ1v) is 3.68. The molecule has 3 heteroatoms. The number of carbonyl (C=O) groups is 1. The summed E-state index contributed by atoms with van der Waals surface area (Å²) in [5, 5.41) is 8.67. The number of hydrogen-bond acceptors (Lipinski definition) is 2. The van der Waals surface area contributed by atoms with Crippen LogP contribution in [0.15, 0.2) is 0 Å². The summed E-state index contributed by atoms with van der Waals surface area (Å²) >= 11 is 0. The average molecular weight is 141 g/mol. The summed E-state index contributed by atoms with van der Waals surface area (Å²) in [5.74, 6) is 0.189. The van der Waals surface area contributed by atoms with Crippen LogP contribution >= 0.6 is 0 Å². The van der Waals surface area contributed by atoms with Crippen LogP contribution in [-0.4, -0.2) is 17.1 Å². The Kier molecular flexibility index (Phi) is 1.06. The van der Waals surface area contributed by atoms with Crippen molar-refractivity contribution in [2.75, 3.05) is 0 Å². The lowest BCUT2D eigenvalue weighted by Gasteiger charge is -2.06. The zero-order valence-corrected chi connectivity index (χ0v) is 5.66. The number of rotatable bonds is 1. The largest absolute Gasteiger partial charge is 0.481 e. The third kappa shape index (κ3) is 0.669. The molecule has 0 radical (unpaired) electrons. The second-order valence-corrected chi connectivity index (χ2v) is 3.41. The van der Waals surface area contributed by atoms with Crippen molar-refractivity contribution in [3.05, 3.63) is 0 Å². The van der Waals surface area contributed by atoms with E-state index >= 15 is 0 Å². The number of carboxylic acid groups (broad SMARTS) is 1. The van der Waals surface area contributed by atoms with Gasteiger partial charge >= 0.3 is 5.97 Å². The van der Waals surface area contributed by atoms with Gasteiger partial charge in [-0.3, -0.25) is 4.79 Å². The van der Waals surface area contributed by atoms with Crippen LogP contribution in [0.25, 0.3) is 0 Å². The lowest BCUT2D eigenvalue weighted by molar-refractivity contribution is -0.142. The summed E-state index contributed by atoms with van der Waals surface area (Å²) in [6.07, 6.45) is 1.75. The van der Waals surface area contributed by atoms with Gasteiger partial charge in [-0.15, -0.1) is 0 Å². The number of fused-ring (bicyclic) bond motifs is 1. The zero-order chi connectivity index (χ0) is 7.30. The second kappa shape index (κ2) is 1.72. The van der Waals surface area contributed by atoms with E-state index in [1.807, 2.05) is 0 Å². The SMILES string of the molecule is NC1CC(C(=O)O)C2CC12. The molecular formula is C7H11NO2. The molecule has 4 atom stereocenters. The predicted molar refractivity (Wildman–Crippen MR) is 35.3 cm³/mol. The Morgan fingerprint density at radius 3 is 2.30 bits per heavy atom. The summed E-state index contributed by atoms with van der Waals surface area (Å²) < 4.78 is 0. The van der Waals surface area contributed by atoms with Crippen molar-refractivity contribution < 1.29 is 9.90 Å². The topological polar surface area (TPSA) is 63.3 Å². The molecule has 56 valence electrons. The minimum Gasteiger partial charge on any atom is -0.481 e. The molecule has 0 amide bonds. The normalized spacial score (nSPS) is 50.5. The van der Waals surface area contributed by atoms with Gasteiger partial charge in [0.25, 0.3) is 0 Å². The van der Waals surface area contributed by atoms with Gasteiger partial charge in [0.1, 0.15) is 0 Å². The first kappa shape index (κ1) is 6.16. The van der Waals surface area contributed by atoms with Crippen LogP contribution in [0.2, 0.25) is 0 Å². The highest BCUT2D eigenvalue weighted by atomic mass is 16.4. The van der Waals surface area contributed by atoms with E-state index in [2.05, 4.69) is 0 Å². The van der Waals surface area contributed by atoms with Crippen molar-refractivity contribution in [3.8, 4) is 0 Å². The van der Waals surface area contributed by atoms with Gasteiger partial charge in [-0.2, -0.15) is 0 Å². The van der Waals surface area contributed by atoms with Gasteiger partial charge in [0.05, 0.1) is 5.92 Å². The maximum Gasteiger partial charge on any atom is 0.306 e. The van der Waals surface area contributed by atoms with Crippen molar-refractivity contribution in [2.24, 2.45) is 23.5 Å². The first-order chi connectivity index (χ1) is 4.70. The summed E-state index contributed by atoms with van der Waals surface area (Å²) in [4.78, 5) is 10.5. The molecular weight excluding hydrogens is 130 g/mol. The number of aliphatic carboxylic acids is 1. The van der Waals surface area contributed by atoms with Crippen molar-refractivity contribution in [2.45, 2.75) is 18.9 Å². The molecule has 4 unspecified atom stereocenters. The van der Waals surface area contributed by atoms with Crippen molar-refractivity contribution in [1.82, 2.24) is 0 Å². The van der Waals surface area contributed by atoms with Gasteiger partial charge in [0.2, 0.25) is 0 Å². The standard InChI is InChI=1S/C7H11NO2/c8-6-2-5(7(9)10)3-1-4(3)6/h3-6H,1-2,8H2,(H,9,10). The quantitative estimate of drug-likeness (QED) is 0.542. The molecule has 10 heavy (non-hydrogen) atoms. The fraction of sp³-hybridized carbons (Fsp3) is 0.857. The highest BCUT2D eigenvalue weighted by molar-refractivity contribution is 5.71. The van der Waals surface area contributed by atoms with E-state index in [-0.39, 0.29) is 12.0 Å². The van der Waals surface area contributed by atoms with Crippen LogP contribution in [0.5, 0.6) is 0 Å². The molecule has 0 aromatic carbocycles. The number of nitrogens with two attached hydrogens (primary N) is 1. The van der Waals surface area contributed by atoms with E-state index in [4.69, 9.17) is 10.8 Å². The molecule has 3 nitrogen and oxygen atoms in total. The molecule has 0 heterocycles. The molecule has 0 saturated heterocycles. The predicted octanol–water partition coefficient (Wildman–Crippen LogP) is 0.0543. The van der Waals surface area contributed by atoms with E-state index < -0.39 is 5.97 Å². The highest BCUT2D eigenvalue weighted by Crippen LogP contribution is 2.54. The molecule has 2 rings (SSSR count). The van der Waals surface area contributed by atoms with Gasteiger partial charge in [0.15, 0.2) is 0 Å². The van der Waals surface area contributed by atoms with Crippen LogP contribution in [0, 0.1) is 17.8 Å². The van der Waals surface area contributed by atoms with E-state index in [1.54, 1.807) is 0 Å². The van der Waals surface area contributed by atoms with Crippen LogP contribution in [0.3, 0.4) is 0 Å². The third-order valence-corrected chi connectivity index (χ3v) is 2.80. The summed E-state index contributed by atoms with van der Waals surface area (Å²) in [6, 6.07) is 0.172. The minimum atomic E-state index is -0.652. The zero-order valence-electron chi connectivity index (χ0n) is 5.66. The fourth-order valence-corrected chi connectivity index (χ4v) is 2.12. The summed E-state index contributed by atoms with van der Waals surface area (Å²) in [5.41, 5.74) is 5.68. The molecule has 0 aromatic rings. The molecule has 2 aliphatic carbocycles. The van der Waals surface area contributed by atoms with Crippen LogP contribution < -0.4 is 5.73 Å². The number of hydrogen-bond donors (Lipinski definition) is 2. The molecule has 0 bridgehead atoms. The Labute approximate surface area is 59.2 Å². The molecule has 3 N–H and O–H groups in total. The molecule has 2 aliphatic rings. The maximum absolute atomic E-state index is 10.5. The van der Waals surface area contributed by atoms with Crippen molar-refractivity contribution in [3.63, 3.8) is 0 Å². The average Bonchev–Trinajstić information content (AvgIpc) is 2.55. The molecule has 0 aromatic heterocycles. The van der Waals surface area contributed by atoms with Crippen LogP contribution in [-0.2, 0) is 4.79 Å². The van der Waals surface area contributed by atoms with Crippen molar-refractivity contribution >= 4 is 5.97 Å². The third-order valence-electron chi connectivity index (χ3n) is 2.80. The van der Waals surface area contributed by atoms with Gasteiger partial charge in [-0.05, 0) is 24.7 Å². The van der Waals surface area contributed by atoms with E-state index in [9.17, 15) is 4.79 Å². The molecule has 2 fully saturated rings. The van der Waals surface area contributed by atoms with E-state index in [1.165, 1.54) is 0 Å². The highest BCUT2D eigenvalue weighted by Gasteiger charge is 2.55. The molecule has 0 aliphatic heterocycles. The monoisotopic (exact) mass is 141 g/mol. The fourth-order valence-electron chi connectivity index (χ4n) is 2.12. The van der Waals surface area contributed by atoms with Crippen molar-refractivity contribution in [1.29, 1.82) is 0 Å². The maximum atomic E-state index is 10.5. The van der Waals surface area contributed by atoms with Gasteiger partial charge in [-0.1, -0.05) is 0 Å². The Morgan fingerprint density at radius 2 is 2.10 bits per heavy atom. The van der Waals surface area contributed by atoms with Gasteiger partial charge < -0.3 is 10.8 Å². The second-order valence-electron chi connectivity index (χ2n) is 3.41. The van der Waals surface area contributed by atoms with E-state index in [0.717, 1.165) is 6.42 Å². The van der Waals surface area contributed by atoms with Gasteiger partial charge in [0, 0.05) is 6.04 Å². The smallest absolute Gasteiger partial charge is 0.306 e. The lowest BCUT2D eigenvalue weighted by atomic mass is 10.0. The Bertz CT molecular complexity index is 180. The Balaban J connectivity index is 2.08. The lowest BCUT2D eigenvalue weighted by Crippen LogP contribution is -2.22. The first-order valence-electron chi connectivity index (χ1n) is 3.68. The van der Waals surface area contributed by atoms with Gasteiger partial charge in [-0.25, -0.2) is 0 Å². The van der Waals surface area contributed by atoms with Crippen LogP contribution in [0.4, 0.5) is 0 Å². The summed E-state index contributed by atoms with van der Waals surface area (Å²) in [7, 11) is 0. The molecule has 0 spiro atoms. The minimum absolute atomic E-state index is 0.125. The van der Waals surface area contributed by atoms with Crippen LogP contribution in [0.1, 0.15) is 12.8 Å².